The van der Waals surface area contributed by atoms with Gasteiger partial charge in [-0.1, -0.05) is 30.3 Å². The Balaban J connectivity index is 2.14. The minimum Gasteiger partial charge on any atom is -0.477 e. The highest BCUT2D eigenvalue weighted by atomic mass is 16.6. The van der Waals surface area contributed by atoms with E-state index in [0.29, 0.717) is 24.2 Å². The Hall–Kier alpha value is -3.13. The molecule has 134 valence electrons. The van der Waals surface area contributed by atoms with E-state index >= 15 is 0 Å². The third kappa shape index (κ3) is 6.40. The lowest BCUT2D eigenvalue weighted by atomic mass is 10.1. The van der Waals surface area contributed by atoms with Gasteiger partial charge in [-0.3, -0.25) is 0 Å². The van der Waals surface area contributed by atoms with E-state index in [0.717, 1.165) is 5.56 Å². The van der Waals surface area contributed by atoms with Crippen LogP contribution in [0.2, 0.25) is 0 Å². The Morgan fingerprint density at radius 1 is 1.08 bits per heavy atom. The van der Waals surface area contributed by atoms with E-state index in [9.17, 15) is 4.79 Å². The maximum absolute atomic E-state index is 12.1. The quantitative estimate of drug-likeness (QED) is 0.601. The van der Waals surface area contributed by atoms with Gasteiger partial charge in [0, 0.05) is 12.0 Å². The Labute approximate surface area is 153 Å². The first kappa shape index (κ1) is 19.2. The summed E-state index contributed by atoms with van der Waals surface area (Å²) in [6.45, 7) is 5.69. The van der Waals surface area contributed by atoms with Gasteiger partial charge in [-0.15, -0.1) is 4.99 Å². The summed E-state index contributed by atoms with van der Waals surface area (Å²) in [7, 11) is 0. The molecule has 26 heavy (non-hydrogen) atoms. The van der Waals surface area contributed by atoms with Gasteiger partial charge in [-0.2, -0.15) is 5.26 Å². The molecule has 0 aliphatic carbocycles. The maximum atomic E-state index is 12.1. The fourth-order valence-electron chi connectivity index (χ4n) is 2.15. The number of ether oxygens (including phenoxy) is 2. The van der Waals surface area contributed by atoms with Crippen molar-refractivity contribution < 1.29 is 14.3 Å². The first-order valence-corrected chi connectivity index (χ1v) is 8.36. The highest BCUT2D eigenvalue weighted by Crippen LogP contribution is 2.11. The van der Waals surface area contributed by atoms with Crippen LogP contribution < -0.4 is 0 Å². The summed E-state index contributed by atoms with van der Waals surface area (Å²) >= 11 is 0. The van der Waals surface area contributed by atoms with Gasteiger partial charge < -0.3 is 9.47 Å². The molecule has 0 saturated carbocycles. The molecule has 5 nitrogen and oxygen atoms in total. The van der Waals surface area contributed by atoms with Crippen molar-refractivity contribution >= 4 is 12.0 Å². The second kappa shape index (κ2) is 8.82. The standard InChI is InChI=1S/C21H22N2O3/c1-21(2,3)26-20(24)23-19(18-11-9-17(15-22)10-12-18)25-14-13-16-7-5-4-6-8-16/h4-12H,13-14H2,1-3H3/b23-19-. The van der Waals surface area contributed by atoms with Crippen LogP contribution in [0.3, 0.4) is 0 Å². The van der Waals surface area contributed by atoms with Gasteiger partial charge in [0.2, 0.25) is 5.90 Å². The number of amides is 1. The van der Waals surface area contributed by atoms with E-state index in [1.165, 1.54) is 0 Å². The zero-order valence-electron chi connectivity index (χ0n) is 15.2. The molecule has 0 N–H and O–H groups in total. The van der Waals surface area contributed by atoms with E-state index in [-0.39, 0.29) is 5.90 Å². The summed E-state index contributed by atoms with van der Waals surface area (Å²) in [6.07, 6.45) is -0.0265. The zero-order valence-corrected chi connectivity index (χ0v) is 15.2. The van der Waals surface area contributed by atoms with E-state index in [2.05, 4.69) is 11.1 Å². The molecule has 0 aliphatic heterocycles. The molecule has 0 fully saturated rings. The van der Waals surface area contributed by atoms with Crippen LogP contribution in [-0.4, -0.2) is 24.2 Å². The summed E-state index contributed by atoms with van der Waals surface area (Å²) in [5, 5.41) is 8.92. The SMILES string of the molecule is CC(C)(C)OC(=O)/N=C(\OCCc1ccccc1)c1ccc(C#N)cc1. The fourth-order valence-corrected chi connectivity index (χ4v) is 2.15. The van der Waals surface area contributed by atoms with Gasteiger partial charge >= 0.3 is 6.09 Å². The molecule has 0 bridgehead atoms. The number of carbonyl (C=O) groups excluding carboxylic acids is 1. The van der Waals surface area contributed by atoms with Crippen LogP contribution in [0.4, 0.5) is 4.79 Å². The van der Waals surface area contributed by atoms with Crippen molar-refractivity contribution in [2.75, 3.05) is 6.61 Å². The Bertz CT molecular complexity index is 798. The largest absolute Gasteiger partial charge is 0.477 e. The Morgan fingerprint density at radius 3 is 2.31 bits per heavy atom. The smallest absolute Gasteiger partial charge is 0.437 e. The van der Waals surface area contributed by atoms with Crippen LogP contribution in [0.5, 0.6) is 0 Å². The van der Waals surface area contributed by atoms with Gasteiger partial charge in [0.1, 0.15) is 5.60 Å². The summed E-state index contributed by atoms with van der Waals surface area (Å²) in [6, 6.07) is 18.7. The minimum absolute atomic E-state index is 0.180. The number of rotatable bonds is 4. The van der Waals surface area contributed by atoms with Crippen LogP contribution in [0.1, 0.15) is 37.5 Å². The lowest BCUT2D eigenvalue weighted by molar-refractivity contribution is 0.0599. The molecule has 2 rings (SSSR count). The molecular formula is C21H22N2O3. The molecule has 2 aromatic carbocycles. The van der Waals surface area contributed by atoms with Crippen molar-refractivity contribution in [1.29, 1.82) is 5.26 Å². The molecule has 0 unspecified atom stereocenters. The number of hydrogen-bond acceptors (Lipinski definition) is 4. The van der Waals surface area contributed by atoms with Gasteiger partial charge in [0.15, 0.2) is 0 Å². The zero-order chi connectivity index (χ0) is 19.0. The molecule has 0 radical (unpaired) electrons. The van der Waals surface area contributed by atoms with Crippen LogP contribution >= 0.6 is 0 Å². The molecule has 1 amide bonds. The highest BCUT2D eigenvalue weighted by molar-refractivity contribution is 6.00. The van der Waals surface area contributed by atoms with Crippen LogP contribution in [0, 0.1) is 11.3 Å². The number of benzene rings is 2. The number of carbonyl (C=O) groups is 1. The van der Waals surface area contributed by atoms with Crippen molar-refractivity contribution in [3.63, 3.8) is 0 Å². The molecule has 0 saturated heterocycles. The first-order chi connectivity index (χ1) is 12.4. The average Bonchev–Trinajstić information content (AvgIpc) is 2.60. The summed E-state index contributed by atoms with van der Waals surface area (Å²) in [5.41, 5.74) is 1.63. The van der Waals surface area contributed by atoms with Crippen LogP contribution in [0.15, 0.2) is 59.6 Å². The normalized spacial score (nSPS) is 11.5. The number of aliphatic imine (C=N–C) groups is 1. The third-order valence-electron chi connectivity index (χ3n) is 3.32. The number of nitrogens with zero attached hydrogens (tertiary/aromatic N) is 2. The average molecular weight is 350 g/mol. The summed E-state index contributed by atoms with van der Waals surface area (Å²) < 4.78 is 11.0. The van der Waals surface area contributed by atoms with Crippen LogP contribution in [0.25, 0.3) is 0 Å². The van der Waals surface area contributed by atoms with E-state index in [1.54, 1.807) is 45.0 Å². The van der Waals surface area contributed by atoms with E-state index in [4.69, 9.17) is 14.7 Å². The van der Waals surface area contributed by atoms with Crippen molar-refractivity contribution in [2.45, 2.75) is 32.8 Å². The second-order valence-corrected chi connectivity index (χ2v) is 6.67. The van der Waals surface area contributed by atoms with Gasteiger partial charge in [-0.05, 0) is 50.6 Å². The van der Waals surface area contributed by atoms with Crippen molar-refractivity contribution in [2.24, 2.45) is 4.99 Å². The minimum atomic E-state index is -0.712. The predicted molar refractivity (Wildman–Crippen MR) is 100 cm³/mol. The van der Waals surface area contributed by atoms with E-state index in [1.807, 2.05) is 30.3 Å². The second-order valence-electron chi connectivity index (χ2n) is 6.67. The van der Waals surface area contributed by atoms with Crippen LogP contribution in [-0.2, 0) is 15.9 Å². The molecule has 0 aromatic heterocycles. The Morgan fingerprint density at radius 2 is 1.73 bits per heavy atom. The molecule has 2 aromatic rings. The van der Waals surface area contributed by atoms with Crippen molar-refractivity contribution in [3.05, 3.63) is 71.3 Å². The fraction of sp³-hybridized carbons (Fsp3) is 0.286. The molecule has 0 spiro atoms. The number of hydrogen-bond donors (Lipinski definition) is 0. The maximum Gasteiger partial charge on any atom is 0.437 e. The first-order valence-electron chi connectivity index (χ1n) is 8.36. The molecule has 5 heteroatoms. The van der Waals surface area contributed by atoms with Gasteiger partial charge in [0.25, 0.3) is 0 Å². The van der Waals surface area contributed by atoms with Gasteiger partial charge in [-0.25, -0.2) is 4.79 Å². The Kier molecular flexibility index (Phi) is 6.51. The van der Waals surface area contributed by atoms with E-state index < -0.39 is 11.7 Å². The molecular weight excluding hydrogens is 328 g/mol. The third-order valence-corrected chi connectivity index (χ3v) is 3.32. The number of nitriles is 1. The summed E-state index contributed by atoms with van der Waals surface area (Å²) in [4.78, 5) is 16.0. The van der Waals surface area contributed by atoms with Crippen molar-refractivity contribution in [3.8, 4) is 6.07 Å². The monoisotopic (exact) mass is 350 g/mol. The predicted octanol–water partition coefficient (Wildman–Crippen LogP) is 4.50. The lowest BCUT2D eigenvalue weighted by Crippen LogP contribution is -2.23. The van der Waals surface area contributed by atoms with Gasteiger partial charge in [0.05, 0.1) is 18.2 Å². The highest BCUT2D eigenvalue weighted by Gasteiger charge is 2.17. The topological polar surface area (TPSA) is 71.7 Å². The molecule has 0 heterocycles. The van der Waals surface area contributed by atoms with Crippen molar-refractivity contribution in [1.82, 2.24) is 0 Å². The molecule has 0 aliphatic rings. The lowest BCUT2D eigenvalue weighted by Gasteiger charge is -2.18. The summed E-state index contributed by atoms with van der Waals surface area (Å²) in [5.74, 6) is 0.180. The molecule has 0 atom stereocenters.